The van der Waals surface area contributed by atoms with Gasteiger partial charge >= 0.3 is 0 Å². The molecule has 0 aliphatic heterocycles. The fourth-order valence-corrected chi connectivity index (χ4v) is 3.45. The first-order valence-corrected chi connectivity index (χ1v) is 9.44. The van der Waals surface area contributed by atoms with Gasteiger partial charge in [0.1, 0.15) is 29.5 Å². The normalized spacial score (nSPS) is 11.2. The molecule has 0 aliphatic carbocycles. The standard InChI is InChI=1S/C23H18FN5O/c1-14-10-15(28-23-22-17(24)4-3-5-18(22)25-12-26-23)6-9-21(14)30-16-7-8-20-19(11-16)27-13-29(20)2/h3-13H,1-2H3,(H,25,26,28). The van der Waals surface area contributed by atoms with E-state index in [4.69, 9.17) is 4.74 Å². The average molecular weight is 399 g/mol. The SMILES string of the molecule is Cc1cc(Nc2ncnc3cccc(F)c23)ccc1Oc1ccc2c(c1)ncn2C. The first-order valence-electron chi connectivity index (χ1n) is 9.44. The molecule has 2 aromatic heterocycles. The minimum absolute atomic E-state index is 0.363. The quantitative estimate of drug-likeness (QED) is 0.432. The number of hydrogen-bond acceptors (Lipinski definition) is 5. The molecule has 7 heteroatoms. The van der Waals surface area contributed by atoms with Crippen LogP contribution in [0.25, 0.3) is 21.9 Å². The number of anilines is 2. The Bertz CT molecular complexity index is 1390. The molecule has 0 aliphatic rings. The van der Waals surface area contributed by atoms with Gasteiger partial charge < -0.3 is 14.6 Å². The van der Waals surface area contributed by atoms with E-state index in [1.165, 1.54) is 12.4 Å². The van der Waals surface area contributed by atoms with E-state index in [9.17, 15) is 4.39 Å². The van der Waals surface area contributed by atoms with E-state index in [2.05, 4.69) is 20.3 Å². The lowest BCUT2D eigenvalue weighted by Crippen LogP contribution is -1.98. The molecule has 0 bridgehead atoms. The number of imidazole rings is 1. The Hall–Kier alpha value is -4.00. The summed E-state index contributed by atoms with van der Waals surface area (Å²) in [6.45, 7) is 1.96. The highest BCUT2D eigenvalue weighted by Gasteiger charge is 2.10. The Kier molecular flexibility index (Phi) is 4.28. The van der Waals surface area contributed by atoms with Crippen LogP contribution in [0.4, 0.5) is 15.9 Å². The number of rotatable bonds is 4. The Morgan fingerprint density at radius 2 is 1.87 bits per heavy atom. The van der Waals surface area contributed by atoms with E-state index in [1.807, 2.05) is 54.9 Å². The highest BCUT2D eigenvalue weighted by molar-refractivity contribution is 5.91. The summed E-state index contributed by atoms with van der Waals surface area (Å²) >= 11 is 0. The van der Waals surface area contributed by atoms with Crippen LogP contribution in [-0.2, 0) is 7.05 Å². The molecule has 0 saturated carbocycles. The van der Waals surface area contributed by atoms with Crippen LogP contribution in [0.2, 0.25) is 0 Å². The number of halogens is 1. The summed E-state index contributed by atoms with van der Waals surface area (Å²) in [6.07, 6.45) is 3.20. The number of ether oxygens (including phenoxy) is 1. The largest absolute Gasteiger partial charge is 0.457 e. The van der Waals surface area contributed by atoms with E-state index < -0.39 is 0 Å². The van der Waals surface area contributed by atoms with Crippen LogP contribution in [0, 0.1) is 12.7 Å². The molecule has 6 nitrogen and oxygen atoms in total. The molecular weight excluding hydrogens is 381 g/mol. The van der Waals surface area contributed by atoms with Crippen molar-refractivity contribution >= 4 is 33.4 Å². The maximum atomic E-state index is 14.3. The van der Waals surface area contributed by atoms with Gasteiger partial charge in [0.15, 0.2) is 0 Å². The number of aryl methyl sites for hydroxylation is 2. The second-order valence-corrected chi connectivity index (χ2v) is 7.07. The third kappa shape index (κ3) is 3.20. The second-order valence-electron chi connectivity index (χ2n) is 7.07. The van der Waals surface area contributed by atoms with Gasteiger partial charge in [0.05, 0.1) is 28.3 Å². The predicted molar refractivity (Wildman–Crippen MR) is 115 cm³/mol. The van der Waals surface area contributed by atoms with E-state index >= 15 is 0 Å². The topological polar surface area (TPSA) is 64.9 Å². The summed E-state index contributed by atoms with van der Waals surface area (Å²) in [5.74, 6) is 1.51. The third-order valence-corrected chi connectivity index (χ3v) is 4.97. The fraction of sp³-hybridized carbons (Fsp3) is 0.0870. The summed E-state index contributed by atoms with van der Waals surface area (Å²) in [5.41, 5.74) is 4.18. The molecule has 5 aromatic rings. The molecule has 0 amide bonds. The van der Waals surface area contributed by atoms with Crippen molar-refractivity contribution in [1.29, 1.82) is 0 Å². The van der Waals surface area contributed by atoms with Crippen LogP contribution in [0.5, 0.6) is 11.5 Å². The number of benzene rings is 3. The van der Waals surface area contributed by atoms with Crippen molar-refractivity contribution in [3.05, 3.63) is 78.6 Å². The number of nitrogens with one attached hydrogen (secondary N) is 1. The highest BCUT2D eigenvalue weighted by Crippen LogP contribution is 2.31. The molecule has 0 atom stereocenters. The minimum atomic E-state index is -0.364. The van der Waals surface area contributed by atoms with Crippen molar-refractivity contribution in [2.75, 3.05) is 5.32 Å². The van der Waals surface area contributed by atoms with Crippen molar-refractivity contribution in [2.45, 2.75) is 6.92 Å². The molecule has 148 valence electrons. The first-order chi connectivity index (χ1) is 14.6. The number of fused-ring (bicyclic) bond motifs is 2. The third-order valence-electron chi connectivity index (χ3n) is 4.97. The summed E-state index contributed by atoms with van der Waals surface area (Å²) in [4.78, 5) is 12.7. The molecule has 3 aromatic carbocycles. The van der Waals surface area contributed by atoms with Crippen molar-refractivity contribution < 1.29 is 9.13 Å². The monoisotopic (exact) mass is 399 g/mol. The number of hydrogen-bond donors (Lipinski definition) is 1. The number of nitrogens with zero attached hydrogens (tertiary/aromatic N) is 4. The second kappa shape index (κ2) is 7.11. The smallest absolute Gasteiger partial charge is 0.144 e. The lowest BCUT2D eigenvalue weighted by atomic mass is 10.2. The Balaban J connectivity index is 1.42. The first kappa shape index (κ1) is 18.1. The van der Waals surface area contributed by atoms with Crippen molar-refractivity contribution in [1.82, 2.24) is 19.5 Å². The molecule has 1 N–H and O–H groups in total. The Morgan fingerprint density at radius 1 is 0.967 bits per heavy atom. The van der Waals surface area contributed by atoms with Crippen LogP contribution >= 0.6 is 0 Å². The van der Waals surface area contributed by atoms with E-state index in [1.54, 1.807) is 18.5 Å². The molecule has 0 spiro atoms. The number of aromatic nitrogens is 4. The molecular formula is C23H18FN5O. The van der Waals surface area contributed by atoms with Crippen LogP contribution in [0.3, 0.4) is 0 Å². The summed E-state index contributed by atoms with van der Waals surface area (Å²) in [7, 11) is 1.96. The van der Waals surface area contributed by atoms with E-state index in [0.29, 0.717) is 22.5 Å². The van der Waals surface area contributed by atoms with Crippen LogP contribution in [0.15, 0.2) is 67.3 Å². The van der Waals surface area contributed by atoms with Gasteiger partial charge in [-0.25, -0.2) is 19.3 Å². The Morgan fingerprint density at radius 3 is 2.73 bits per heavy atom. The lowest BCUT2D eigenvalue weighted by Gasteiger charge is -2.13. The minimum Gasteiger partial charge on any atom is -0.457 e. The van der Waals surface area contributed by atoms with Gasteiger partial charge in [-0.3, -0.25) is 0 Å². The zero-order valence-electron chi connectivity index (χ0n) is 16.4. The van der Waals surface area contributed by atoms with Gasteiger partial charge in [-0.05, 0) is 55.0 Å². The van der Waals surface area contributed by atoms with Crippen molar-refractivity contribution in [3.63, 3.8) is 0 Å². The summed E-state index contributed by atoms with van der Waals surface area (Å²) in [6, 6.07) is 16.3. The van der Waals surface area contributed by atoms with Crippen LogP contribution in [0.1, 0.15) is 5.56 Å². The summed E-state index contributed by atoms with van der Waals surface area (Å²) < 4.78 is 22.3. The lowest BCUT2D eigenvalue weighted by molar-refractivity contribution is 0.479. The molecule has 2 heterocycles. The van der Waals surface area contributed by atoms with Gasteiger partial charge in [-0.1, -0.05) is 6.07 Å². The van der Waals surface area contributed by atoms with Gasteiger partial charge in [0.2, 0.25) is 0 Å². The fourth-order valence-electron chi connectivity index (χ4n) is 3.45. The van der Waals surface area contributed by atoms with E-state index in [0.717, 1.165) is 28.0 Å². The van der Waals surface area contributed by atoms with Crippen LogP contribution < -0.4 is 10.1 Å². The average Bonchev–Trinajstić information content (AvgIpc) is 3.10. The predicted octanol–water partition coefficient (Wildman–Crippen LogP) is 5.50. The maximum absolute atomic E-state index is 14.3. The highest BCUT2D eigenvalue weighted by atomic mass is 19.1. The van der Waals surface area contributed by atoms with Crippen molar-refractivity contribution in [3.8, 4) is 11.5 Å². The molecule has 0 fully saturated rings. The van der Waals surface area contributed by atoms with E-state index in [-0.39, 0.29) is 5.82 Å². The maximum Gasteiger partial charge on any atom is 0.144 e. The zero-order chi connectivity index (χ0) is 20.7. The molecule has 5 rings (SSSR count). The van der Waals surface area contributed by atoms with Gasteiger partial charge in [-0.2, -0.15) is 0 Å². The van der Waals surface area contributed by atoms with Gasteiger partial charge in [0, 0.05) is 18.8 Å². The molecule has 0 saturated heterocycles. The van der Waals surface area contributed by atoms with Crippen LogP contribution in [-0.4, -0.2) is 19.5 Å². The molecule has 30 heavy (non-hydrogen) atoms. The van der Waals surface area contributed by atoms with Gasteiger partial charge in [-0.15, -0.1) is 0 Å². The van der Waals surface area contributed by atoms with Crippen molar-refractivity contribution in [2.24, 2.45) is 7.05 Å². The summed E-state index contributed by atoms with van der Waals surface area (Å²) in [5, 5.41) is 3.55. The zero-order valence-corrected chi connectivity index (χ0v) is 16.4. The Labute approximate surface area is 172 Å². The molecule has 0 radical (unpaired) electrons. The van der Waals surface area contributed by atoms with Gasteiger partial charge in [0.25, 0.3) is 0 Å². The molecule has 0 unspecified atom stereocenters.